The summed E-state index contributed by atoms with van der Waals surface area (Å²) in [6.45, 7) is 3.13. The lowest BCUT2D eigenvalue weighted by Gasteiger charge is -2.22. The van der Waals surface area contributed by atoms with Crippen molar-refractivity contribution in [2.45, 2.75) is 38.4 Å². The summed E-state index contributed by atoms with van der Waals surface area (Å²) in [7, 11) is 0. The number of nitrogens with zero attached hydrogens (tertiary/aromatic N) is 4. The lowest BCUT2D eigenvalue weighted by atomic mass is 9.95. The van der Waals surface area contributed by atoms with Gasteiger partial charge in [-0.2, -0.15) is 18.2 Å². The zero-order valence-electron chi connectivity index (χ0n) is 17.5. The third-order valence-electron chi connectivity index (χ3n) is 6.09. The van der Waals surface area contributed by atoms with Crippen LogP contribution >= 0.6 is 0 Å². The Morgan fingerprint density at radius 1 is 1.19 bits per heavy atom. The molecule has 5 rings (SSSR count). The number of ether oxygens (including phenoxy) is 1. The first-order valence-electron chi connectivity index (χ1n) is 10.5. The van der Waals surface area contributed by atoms with E-state index < -0.39 is 11.7 Å². The Bertz CT molecular complexity index is 1280. The summed E-state index contributed by atoms with van der Waals surface area (Å²) in [4.78, 5) is 13.6. The van der Waals surface area contributed by atoms with Crippen LogP contribution in [0.3, 0.4) is 0 Å². The van der Waals surface area contributed by atoms with Crippen LogP contribution in [0.25, 0.3) is 16.7 Å². The van der Waals surface area contributed by atoms with Gasteiger partial charge < -0.3 is 10.1 Å². The summed E-state index contributed by atoms with van der Waals surface area (Å²) >= 11 is 0. The van der Waals surface area contributed by atoms with Gasteiger partial charge in [-0.1, -0.05) is 12.1 Å². The molecule has 0 saturated carbocycles. The first-order valence-corrected chi connectivity index (χ1v) is 10.5. The molecular weight excluding hydrogens is 419 g/mol. The normalized spacial score (nSPS) is 15.5. The van der Waals surface area contributed by atoms with Gasteiger partial charge >= 0.3 is 6.18 Å². The first kappa shape index (κ1) is 20.7. The summed E-state index contributed by atoms with van der Waals surface area (Å²) in [5.74, 6) is 1.39. The summed E-state index contributed by atoms with van der Waals surface area (Å²) in [6.07, 6.45) is 2.73. The molecule has 32 heavy (non-hydrogen) atoms. The lowest BCUT2D eigenvalue weighted by molar-refractivity contribution is -0.138. The van der Waals surface area contributed by atoms with Gasteiger partial charge in [0.1, 0.15) is 5.82 Å². The molecule has 1 fully saturated rings. The molecule has 9 heteroatoms. The largest absolute Gasteiger partial charge is 0.416 e. The second kappa shape index (κ2) is 8.05. The SMILES string of the molecule is Cc1c(CNc2nc3nccn3c3cnc(C4CCOCC4)cc23)cccc1C(F)(F)F. The quantitative estimate of drug-likeness (QED) is 0.477. The summed E-state index contributed by atoms with van der Waals surface area (Å²) < 4.78 is 47.2. The molecule has 3 aromatic heterocycles. The maximum atomic E-state index is 13.3. The molecule has 0 bridgehead atoms. The fourth-order valence-corrected chi connectivity index (χ4v) is 4.28. The van der Waals surface area contributed by atoms with Gasteiger partial charge in [-0.25, -0.2) is 4.98 Å². The molecule has 0 aliphatic carbocycles. The molecule has 0 spiro atoms. The Balaban J connectivity index is 1.54. The van der Waals surface area contributed by atoms with Crippen LogP contribution in [-0.2, 0) is 17.5 Å². The zero-order valence-corrected chi connectivity index (χ0v) is 17.5. The van der Waals surface area contributed by atoms with E-state index in [0.29, 0.717) is 36.3 Å². The van der Waals surface area contributed by atoms with Crippen molar-refractivity contribution in [3.8, 4) is 0 Å². The van der Waals surface area contributed by atoms with E-state index in [0.717, 1.165) is 35.5 Å². The van der Waals surface area contributed by atoms with Crippen molar-refractivity contribution in [3.63, 3.8) is 0 Å². The van der Waals surface area contributed by atoms with Gasteiger partial charge in [0.05, 0.1) is 17.3 Å². The number of benzene rings is 1. The van der Waals surface area contributed by atoms with E-state index in [4.69, 9.17) is 4.74 Å². The van der Waals surface area contributed by atoms with Gasteiger partial charge in [-0.3, -0.25) is 9.38 Å². The molecule has 1 saturated heterocycles. The fraction of sp³-hybridized carbons (Fsp3) is 0.348. The third kappa shape index (κ3) is 3.77. The molecule has 1 aliphatic rings. The molecule has 166 valence electrons. The van der Waals surface area contributed by atoms with Crippen molar-refractivity contribution < 1.29 is 17.9 Å². The van der Waals surface area contributed by atoms with Gasteiger partial charge in [-0.15, -0.1) is 0 Å². The van der Waals surface area contributed by atoms with E-state index in [1.807, 2.05) is 22.9 Å². The molecule has 0 atom stereocenters. The van der Waals surface area contributed by atoms with Gasteiger partial charge in [0.15, 0.2) is 0 Å². The van der Waals surface area contributed by atoms with Crippen LogP contribution < -0.4 is 5.32 Å². The third-order valence-corrected chi connectivity index (χ3v) is 6.09. The molecule has 6 nitrogen and oxygen atoms in total. The molecule has 1 aliphatic heterocycles. The van der Waals surface area contributed by atoms with Crippen molar-refractivity contribution in [1.82, 2.24) is 19.4 Å². The Morgan fingerprint density at radius 2 is 2.00 bits per heavy atom. The Hall–Kier alpha value is -3.20. The number of pyridine rings is 1. The Kier molecular flexibility index (Phi) is 5.21. The molecule has 1 N–H and O–H groups in total. The first-order chi connectivity index (χ1) is 15.4. The predicted octanol–water partition coefficient (Wildman–Crippen LogP) is 5.11. The Labute approximate surface area is 182 Å². The highest BCUT2D eigenvalue weighted by atomic mass is 19.4. The average molecular weight is 441 g/mol. The summed E-state index contributed by atoms with van der Waals surface area (Å²) in [6, 6.07) is 6.26. The van der Waals surface area contributed by atoms with Crippen LogP contribution in [0.1, 0.15) is 41.1 Å². The van der Waals surface area contributed by atoms with Gasteiger partial charge in [0.2, 0.25) is 5.78 Å². The standard InChI is InChI=1S/C23H22F3N5O/c1-14-16(3-2-4-18(14)23(24,25)26)12-29-21-17-11-19(15-5-9-32-10-6-15)28-13-20(17)31-8-7-27-22(31)30-21/h2-4,7-8,11,13,15H,5-6,9-10,12H2,1H3,(H,27,29,30). The number of imidazole rings is 1. The second-order valence-corrected chi connectivity index (χ2v) is 8.01. The smallest absolute Gasteiger partial charge is 0.381 e. The van der Waals surface area contributed by atoms with Gasteiger partial charge in [0, 0.05) is 49.2 Å². The maximum Gasteiger partial charge on any atom is 0.416 e. The van der Waals surface area contributed by atoms with Crippen molar-refractivity contribution in [2.75, 3.05) is 18.5 Å². The number of anilines is 1. The summed E-state index contributed by atoms with van der Waals surface area (Å²) in [5, 5.41) is 4.11. The van der Waals surface area contributed by atoms with Crippen LogP contribution in [0.2, 0.25) is 0 Å². The minimum absolute atomic E-state index is 0.211. The van der Waals surface area contributed by atoms with Crippen LogP contribution in [0.15, 0.2) is 42.9 Å². The Morgan fingerprint density at radius 3 is 2.78 bits per heavy atom. The predicted molar refractivity (Wildman–Crippen MR) is 115 cm³/mol. The highest BCUT2D eigenvalue weighted by molar-refractivity contribution is 5.91. The number of hydrogen-bond donors (Lipinski definition) is 1. The molecule has 0 amide bonds. The minimum Gasteiger partial charge on any atom is -0.381 e. The fourth-order valence-electron chi connectivity index (χ4n) is 4.28. The van der Waals surface area contributed by atoms with Gasteiger partial charge in [-0.05, 0) is 43.0 Å². The number of fused-ring (bicyclic) bond motifs is 3. The second-order valence-electron chi connectivity index (χ2n) is 8.01. The average Bonchev–Trinajstić information content (AvgIpc) is 3.26. The molecule has 0 unspecified atom stereocenters. The molecule has 1 aromatic carbocycles. The number of halogens is 3. The molecule has 0 radical (unpaired) electrons. The highest BCUT2D eigenvalue weighted by Crippen LogP contribution is 2.34. The number of nitrogens with one attached hydrogen (secondary N) is 1. The van der Waals surface area contributed by atoms with Crippen LogP contribution in [0, 0.1) is 6.92 Å². The molecular formula is C23H22F3N5O. The highest BCUT2D eigenvalue weighted by Gasteiger charge is 2.32. The maximum absolute atomic E-state index is 13.3. The van der Waals surface area contributed by atoms with E-state index in [1.165, 1.54) is 13.0 Å². The monoisotopic (exact) mass is 441 g/mol. The van der Waals surface area contributed by atoms with Crippen molar-refractivity contribution >= 4 is 22.5 Å². The number of rotatable bonds is 4. The number of aromatic nitrogens is 4. The lowest BCUT2D eigenvalue weighted by Crippen LogP contribution is -2.15. The van der Waals surface area contributed by atoms with E-state index in [2.05, 4.69) is 20.3 Å². The minimum atomic E-state index is -4.38. The van der Waals surface area contributed by atoms with E-state index in [1.54, 1.807) is 12.3 Å². The number of alkyl halides is 3. The summed E-state index contributed by atoms with van der Waals surface area (Å²) in [5.41, 5.74) is 1.97. The van der Waals surface area contributed by atoms with E-state index in [-0.39, 0.29) is 12.1 Å². The van der Waals surface area contributed by atoms with E-state index >= 15 is 0 Å². The van der Waals surface area contributed by atoms with Crippen LogP contribution in [0.5, 0.6) is 0 Å². The number of hydrogen-bond acceptors (Lipinski definition) is 5. The van der Waals surface area contributed by atoms with Crippen LogP contribution in [0.4, 0.5) is 19.0 Å². The van der Waals surface area contributed by atoms with Crippen LogP contribution in [-0.4, -0.2) is 32.6 Å². The van der Waals surface area contributed by atoms with Crippen molar-refractivity contribution in [1.29, 1.82) is 0 Å². The zero-order chi connectivity index (χ0) is 22.3. The van der Waals surface area contributed by atoms with E-state index in [9.17, 15) is 13.2 Å². The van der Waals surface area contributed by atoms with Gasteiger partial charge in [0.25, 0.3) is 0 Å². The topological polar surface area (TPSA) is 64.3 Å². The van der Waals surface area contributed by atoms with Crippen molar-refractivity contribution in [3.05, 3.63) is 65.2 Å². The molecule has 4 aromatic rings. The molecule has 4 heterocycles. The van der Waals surface area contributed by atoms with Crippen molar-refractivity contribution in [2.24, 2.45) is 0 Å².